The van der Waals surface area contributed by atoms with Crippen LogP contribution < -0.4 is 0 Å². The van der Waals surface area contributed by atoms with Crippen molar-refractivity contribution in [2.45, 2.75) is 43.7 Å². The first kappa shape index (κ1) is 16.2. The quantitative estimate of drug-likeness (QED) is 0.921. The maximum Gasteiger partial charge on any atom is 0.233 e. The van der Waals surface area contributed by atoms with E-state index in [-0.39, 0.29) is 17.8 Å². The van der Waals surface area contributed by atoms with Crippen LogP contribution in [0, 0.1) is 5.82 Å². The van der Waals surface area contributed by atoms with E-state index in [9.17, 15) is 14.3 Å². The summed E-state index contributed by atoms with van der Waals surface area (Å²) < 4.78 is 15.3. The van der Waals surface area contributed by atoms with Crippen LogP contribution in [0.4, 0.5) is 4.39 Å². The number of amides is 1. The number of hydrogen-bond donors (Lipinski definition) is 1. The molecule has 1 amide bonds. The molecule has 0 bridgehead atoms. The molecule has 0 radical (unpaired) electrons. The van der Waals surface area contributed by atoms with E-state index in [4.69, 9.17) is 0 Å². The molecule has 6 nitrogen and oxygen atoms in total. The van der Waals surface area contributed by atoms with Crippen molar-refractivity contribution in [2.24, 2.45) is 0 Å². The first-order valence-electron chi connectivity index (χ1n) is 8.65. The predicted molar refractivity (Wildman–Crippen MR) is 88.2 cm³/mol. The molecule has 2 aliphatic rings. The number of rotatable bonds is 4. The Kier molecular flexibility index (Phi) is 3.83. The first-order valence-corrected chi connectivity index (χ1v) is 8.65. The summed E-state index contributed by atoms with van der Waals surface area (Å²) in [6.07, 6.45) is 3.60. The van der Waals surface area contributed by atoms with E-state index in [1.54, 1.807) is 23.9 Å². The van der Waals surface area contributed by atoms with E-state index in [1.165, 1.54) is 12.1 Å². The number of aliphatic hydroxyl groups excluding tert-OH is 1. The summed E-state index contributed by atoms with van der Waals surface area (Å²) in [4.78, 5) is 14.9. The third-order valence-corrected chi connectivity index (χ3v) is 5.47. The molecule has 1 N–H and O–H groups in total. The number of likely N-dealkylation sites (tertiary alicyclic amines) is 1. The highest BCUT2D eigenvalue weighted by molar-refractivity contribution is 5.90. The lowest BCUT2D eigenvalue weighted by Gasteiger charge is -2.48. The molecule has 132 valence electrons. The molecule has 4 rings (SSSR count). The topological polar surface area (TPSA) is 71.2 Å². The average molecular weight is 344 g/mol. The van der Waals surface area contributed by atoms with E-state index in [0.717, 1.165) is 24.8 Å². The Hall–Kier alpha value is -2.28. The van der Waals surface area contributed by atoms with E-state index < -0.39 is 11.5 Å². The van der Waals surface area contributed by atoms with Gasteiger partial charge in [-0.05, 0) is 37.5 Å². The van der Waals surface area contributed by atoms with Gasteiger partial charge in [0.1, 0.15) is 11.5 Å². The second-order valence-electron chi connectivity index (χ2n) is 7.11. The molecule has 1 aromatic carbocycles. The van der Waals surface area contributed by atoms with Crippen LogP contribution in [0.3, 0.4) is 0 Å². The summed E-state index contributed by atoms with van der Waals surface area (Å²) >= 11 is 0. The van der Waals surface area contributed by atoms with Crippen molar-refractivity contribution in [1.82, 2.24) is 19.9 Å². The summed E-state index contributed by atoms with van der Waals surface area (Å²) in [5.74, 6) is -0.220. The number of hydrogen-bond acceptors (Lipinski definition) is 4. The summed E-state index contributed by atoms with van der Waals surface area (Å²) in [7, 11) is 0. The number of carbonyl (C=O) groups excluding carboxylic acids is 1. The molecule has 1 aliphatic heterocycles. The van der Waals surface area contributed by atoms with Crippen molar-refractivity contribution in [3.8, 4) is 0 Å². The van der Waals surface area contributed by atoms with Crippen LogP contribution in [0.5, 0.6) is 0 Å². The Morgan fingerprint density at radius 1 is 1.40 bits per heavy atom. The smallest absolute Gasteiger partial charge is 0.233 e. The molecular weight excluding hydrogens is 323 g/mol. The fourth-order valence-corrected chi connectivity index (χ4v) is 3.69. The minimum Gasteiger partial charge on any atom is -0.387 e. The third kappa shape index (κ3) is 2.63. The molecule has 1 aromatic heterocycles. The van der Waals surface area contributed by atoms with Gasteiger partial charge in [0.2, 0.25) is 5.91 Å². The Balaban J connectivity index is 1.47. The normalized spacial score (nSPS) is 20.7. The van der Waals surface area contributed by atoms with E-state index in [2.05, 4.69) is 10.3 Å². The lowest BCUT2D eigenvalue weighted by Crippen LogP contribution is -2.59. The highest BCUT2D eigenvalue weighted by Gasteiger charge is 2.50. The highest BCUT2D eigenvalue weighted by Crippen LogP contribution is 2.46. The SMILES string of the molecule is CC(O)c1cn(C2CN(C(=O)C3(c4cccc(F)c4)CCC3)C2)nn1. The number of halogens is 1. The standard InChI is InChI=1S/C18H21FN4O2/c1-12(24)16-11-23(21-20-16)15-9-22(10-15)17(25)18(6-3-7-18)13-4-2-5-14(19)8-13/h2,4-5,8,11-12,15,24H,3,6-7,9-10H2,1H3. The van der Waals surface area contributed by atoms with Gasteiger partial charge in [0, 0.05) is 13.1 Å². The van der Waals surface area contributed by atoms with Gasteiger partial charge in [0.05, 0.1) is 23.8 Å². The molecule has 1 unspecified atom stereocenters. The number of carbonyl (C=O) groups is 1. The first-order chi connectivity index (χ1) is 12.0. The molecule has 0 spiro atoms. The summed E-state index contributed by atoms with van der Waals surface area (Å²) in [6.45, 7) is 2.78. The van der Waals surface area contributed by atoms with Crippen LogP contribution in [0.1, 0.15) is 49.6 Å². The Labute approximate surface area is 145 Å². The average Bonchev–Trinajstić information content (AvgIpc) is 2.94. The van der Waals surface area contributed by atoms with Crippen LogP contribution in [-0.4, -0.2) is 44.0 Å². The van der Waals surface area contributed by atoms with Crippen LogP contribution >= 0.6 is 0 Å². The van der Waals surface area contributed by atoms with Crippen LogP contribution in [0.15, 0.2) is 30.5 Å². The van der Waals surface area contributed by atoms with Gasteiger partial charge in [-0.2, -0.15) is 0 Å². The Bertz CT molecular complexity index is 794. The van der Waals surface area contributed by atoms with Gasteiger partial charge in [-0.15, -0.1) is 5.10 Å². The van der Waals surface area contributed by atoms with E-state index >= 15 is 0 Å². The molecule has 1 atom stereocenters. The molecule has 1 saturated carbocycles. The summed E-state index contributed by atoms with van der Waals surface area (Å²) in [5, 5.41) is 17.5. The molecule has 25 heavy (non-hydrogen) atoms. The predicted octanol–water partition coefficient (Wildman–Crippen LogP) is 1.98. The molecule has 2 heterocycles. The summed E-state index contributed by atoms with van der Waals surface area (Å²) in [5.41, 5.74) is 0.740. The maximum absolute atomic E-state index is 13.6. The highest BCUT2D eigenvalue weighted by atomic mass is 19.1. The zero-order valence-corrected chi connectivity index (χ0v) is 14.1. The van der Waals surface area contributed by atoms with Gasteiger partial charge in [-0.1, -0.05) is 23.8 Å². The fraction of sp³-hybridized carbons (Fsp3) is 0.500. The fourth-order valence-electron chi connectivity index (χ4n) is 3.69. The third-order valence-electron chi connectivity index (χ3n) is 5.47. The lowest BCUT2D eigenvalue weighted by molar-refractivity contribution is -0.147. The molecule has 1 aliphatic carbocycles. The molecular formula is C18H21FN4O2. The van der Waals surface area contributed by atoms with Crippen LogP contribution in [0.2, 0.25) is 0 Å². The monoisotopic (exact) mass is 344 g/mol. The molecule has 1 saturated heterocycles. The lowest BCUT2D eigenvalue weighted by atomic mass is 9.63. The number of aromatic nitrogens is 3. The van der Waals surface area contributed by atoms with Gasteiger partial charge in [-0.25, -0.2) is 9.07 Å². The Morgan fingerprint density at radius 3 is 2.72 bits per heavy atom. The molecule has 2 aromatic rings. The minimum atomic E-state index is -0.655. The van der Waals surface area contributed by atoms with Gasteiger partial charge < -0.3 is 10.0 Å². The van der Waals surface area contributed by atoms with Crippen LogP contribution in [0.25, 0.3) is 0 Å². The number of benzene rings is 1. The second kappa shape index (κ2) is 5.91. The van der Waals surface area contributed by atoms with Gasteiger partial charge in [0.25, 0.3) is 0 Å². The van der Waals surface area contributed by atoms with Crippen molar-refractivity contribution in [1.29, 1.82) is 0 Å². The maximum atomic E-state index is 13.6. The van der Waals surface area contributed by atoms with Crippen molar-refractivity contribution in [3.63, 3.8) is 0 Å². The van der Waals surface area contributed by atoms with Crippen molar-refractivity contribution < 1.29 is 14.3 Å². The van der Waals surface area contributed by atoms with Crippen LogP contribution in [-0.2, 0) is 10.2 Å². The number of aliphatic hydroxyl groups is 1. The van der Waals surface area contributed by atoms with Crippen molar-refractivity contribution in [3.05, 3.63) is 47.5 Å². The molecule has 7 heteroatoms. The Morgan fingerprint density at radius 2 is 2.16 bits per heavy atom. The second-order valence-corrected chi connectivity index (χ2v) is 7.11. The van der Waals surface area contributed by atoms with Gasteiger partial charge in [0.15, 0.2) is 0 Å². The van der Waals surface area contributed by atoms with Crippen molar-refractivity contribution in [2.75, 3.05) is 13.1 Å². The van der Waals surface area contributed by atoms with E-state index in [1.807, 2.05) is 11.0 Å². The van der Waals surface area contributed by atoms with Gasteiger partial charge in [-0.3, -0.25) is 4.79 Å². The zero-order chi connectivity index (χ0) is 17.6. The zero-order valence-electron chi connectivity index (χ0n) is 14.1. The van der Waals surface area contributed by atoms with Crippen molar-refractivity contribution >= 4 is 5.91 Å². The number of nitrogens with zero attached hydrogens (tertiary/aromatic N) is 4. The minimum absolute atomic E-state index is 0.0774. The van der Waals surface area contributed by atoms with Gasteiger partial charge >= 0.3 is 0 Å². The summed E-state index contributed by atoms with van der Waals surface area (Å²) in [6, 6.07) is 6.49. The largest absolute Gasteiger partial charge is 0.387 e. The van der Waals surface area contributed by atoms with E-state index in [0.29, 0.717) is 18.8 Å². The molecule has 2 fully saturated rings.